The molecule has 0 saturated carbocycles. The molecule has 0 spiro atoms. The van der Waals surface area contributed by atoms with E-state index in [2.05, 4.69) is 10.6 Å². The van der Waals surface area contributed by atoms with E-state index in [0.717, 1.165) is 5.56 Å². The van der Waals surface area contributed by atoms with E-state index in [4.69, 9.17) is 21.1 Å². The van der Waals surface area contributed by atoms with E-state index >= 15 is 0 Å². The van der Waals surface area contributed by atoms with Crippen LogP contribution < -0.4 is 20.1 Å². The topological polar surface area (TPSA) is 76.7 Å². The third kappa shape index (κ3) is 5.67. The van der Waals surface area contributed by atoms with Crippen molar-refractivity contribution in [2.45, 2.75) is 13.5 Å². The van der Waals surface area contributed by atoms with Crippen molar-refractivity contribution in [1.29, 1.82) is 0 Å². The number of hydrogen-bond acceptors (Lipinski definition) is 4. The summed E-state index contributed by atoms with van der Waals surface area (Å²) >= 11 is 6.12. The lowest BCUT2D eigenvalue weighted by atomic mass is 10.2. The van der Waals surface area contributed by atoms with Crippen molar-refractivity contribution in [1.82, 2.24) is 10.6 Å². The Morgan fingerprint density at radius 2 is 1.77 bits per heavy atom. The van der Waals surface area contributed by atoms with Gasteiger partial charge < -0.3 is 20.1 Å². The largest absolute Gasteiger partial charge is 0.493 e. The maximum Gasteiger partial charge on any atom is 0.251 e. The van der Waals surface area contributed by atoms with Gasteiger partial charge in [-0.25, -0.2) is 0 Å². The van der Waals surface area contributed by atoms with Gasteiger partial charge in [-0.2, -0.15) is 0 Å². The summed E-state index contributed by atoms with van der Waals surface area (Å²) in [4.78, 5) is 23.0. The number of nitrogens with one attached hydrogen (secondary N) is 2. The number of carbonyl (C=O) groups excluding carboxylic acids is 2. The van der Waals surface area contributed by atoms with Gasteiger partial charge in [0.15, 0.2) is 11.5 Å². The number of amides is 2. The average molecular weight is 377 g/mol. The molecule has 2 N–H and O–H groups in total. The lowest BCUT2D eigenvalue weighted by Crippen LogP contribution is -2.33. The molecule has 7 heteroatoms. The summed E-state index contributed by atoms with van der Waals surface area (Å²) in [7, 11) is 1.51. The number of halogens is 1. The number of ether oxygens (including phenoxy) is 2. The van der Waals surface area contributed by atoms with Gasteiger partial charge in [-0.3, -0.25) is 9.59 Å². The van der Waals surface area contributed by atoms with Crippen molar-refractivity contribution < 1.29 is 19.1 Å². The van der Waals surface area contributed by atoms with Gasteiger partial charge in [-0.05, 0) is 24.3 Å². The van der Waals surface area contributed by atoms with Gasteiger partial charge >= 0.3 is 0 Å². The Hall–Kier alpha value is -2.73. The highest BCUT2D eigenvalue weighted by atomic mass is 35.5. The molecule has 26 heavy (non-hydrogen) atoms. The molecule has 2 rings (SSSR count). The highest BCUT2D eigenvalue weighted by molar-refractivity contribution is 6.31. The molecular formula is C19H21ClN2O4. The van der Waals surface area contributed by atoms with Crippen LogP contribution >= 0.6 is 11.6 Å². The van der Waals surface area contributed by atoms with Gasteiger partial charge in [-0.1, -0.05) is 29.8 Å². The first-order valence-corrected chi connectivity index (χ1v) is 8.46. The van der Waals surface area contributed by atoms with E-state index in [1.165, 1.54) is 14.0 Å². The van der Waals surface area contributed by atoms with Crippen LogP contribution in [0.3, 0.4) is 0 Å². The zero-order valence-electron chi connectivity index (χ0n) is 14.7. The number of rotatable bonds is 8. The maximum atomic E-state index is 12.2. The Kier molecular flexibility index (Phi) is 7.29. The molecule has 2 amide bonds. The highest BCUT2D eigenvalue weighted by Gasteiger charge is 2.11. The molecular weight excluding hydrogens is 356 g/mol. The third-order valence-electron chi connectivity index (χ3n) is 3.55. The minimum absolute atomic E-state index is 0.138. The predicted octanol–water partition coefficient (Wildman–Crippen LogP) is 2.79. The fourth-order valence-electron chi connectivity index (χ4n) is 2.22. The Bertz CT molecular complexity index is 780. The first-order valence-electron chi connectivity index (χ1n) is 8.08. The minimum atomic E-state index is -0.258. The molecule has 6 nitrogen and oxygen atoms in total. The van der Waals surface area contributed by atoms with Gasteiger partial charge in [0.05, 0.1) is 7.11 Å². The average Bonchev–Trinajstić information content (AvgIpc) is 2.64. The third-order valence-corrected chi connectivity index (χ3v) is 3.92. The van der Waals surface area contributed by atoms with E-state index in [1.807, 2.05) is 18.2 Å². The van der Waals surface area contributed by atoms with Crippen LogP contribution in [0.15, 0.2) is 42.5 Å². The molecule has 0 aliphatic heterocycles. The number of benzene rings is 2. The monoisotopic (exact) mass is 376 g/mol. The van der Waals surface area contributed by atoms with Crippen LogP contribution in [0.2, 0.25) is 5.02 Å². The van der Waals surface area contributed by atoms with Crippen molar-refractivity contribution >= 4 is 23.4 Å². The molecule has 0 bridgehead atoms. The standard InChI is InChI=1S/C19H21ClN2O4/c1-13(23)21-9-10-22-19(24)14-7-8-17(18(11-14)25-2)26-12-15-5-3-4-6-16(15)20/h3-8,11H,9-10,12H2,1-2H3,(H,21,23)(H,22,24). The summed E-state index contributed by atoms with van der Waals surface area (Å²) in [5.41, 5.74) is 1.30. The molecule has 0 aliphatic rings. The van der Waals surface area contributed by atoms with Gasteiger partial charge in [0.2, 0.25) is 5.91 Å². The lowest BCUT2D eigenvalue weighted by Gasteiger charge is -2.13. The van der Waals surface area contributed by atoms with Crippen molar-refractivity contribution in [2.24, 2.45) is 0 Å². The first-order chi connectivity index (χ1) is 12.5. The summed E-state index contributed by atoms with van der Waals surface area (Å²) in [5, 5.41) is 5.96. The Morgan fingerprint density at radius 3 is 2.46 bits per heavy atom. The first kappa shape index (κ1) is 19.6. The number of carbonyl (C=O) groups is 2. The van der Waals surface area contributed by atoms with Crippen LogP contribution in [0.1, 0.15) is 22.8 Å². The second-order valence-corrected chi connectivity index (χ2v) is 5.89. The van der Waals surface area contributed by atoms with Crippen LogP contribution in [0.5, 0.6) is 11.5 Å². The van der Waals surface area contributed by atoms with Crippen molar-refractivity contribution in [3.8, 4) is 11.5 Å². The second-order valence-electron chi connectivity index (χ2n) is 5.48. The van der Waals surface area contributed by atoms with Crippen molar-refractivity contribution in [3.63, 3.8) is 0 Å². The molecule has 2 aromatic carbocycles. The molecule has 2 aromatic rings. The van der Waals surface area contributed by atoms with Gasteiger partial charge in [0.1, 0.15) is 6.61 Å². The van der Waals surface area contributed by atoms with E-state index in [0.29, 0.717) is 35.2 Å². The molecule has 0 radical (unpaired) electrons. The van der Waals surface area contributed by atoms with Crippen LogP contribution in [-0.4, -0.2) is 32.0 Å². The van der Waals surface area contributed by atoms with Crippen molar-refractivity contribution in [2.75, 3.05) is 20.2 Å². The van der Waals surface area contributed by atoms with E-state index in [1.54, 1.807) is 24.3 Å². The summed E-state index contributed by atoms with van der Waals surface area (Å²) in [5.74, 6) is 0.570. The number of methoxy groups -OCH3 is 1. The van der Waals surface area contributed by atoms with Gasteiger partial charge in [0, 0.05) is 36.2 Å². The molecule has 0 aliphatic carbocycles. The van der Waals surface area contributed by atoms with Crippen LogP contribution in [0.25, 0.3) is 0 Å². The summed E-state index contributed by atoms with van der Waals surface area (Å²) in [6.07, 6.45) is 0. The quantitative estimate of drug-likeness (QED) is 0.694. The Morgan fingerprint density at radius 1 is 1.04 bits per heavy atom. The zero-order chi connectivity index (χ0) is 18.9. The summed E-state index contributed by atoms with van der Waals surface area (Å²) in [6.45, 7) is 2.43. The smallest absolute Gasteiger partial charge is 0.251 e. The Labute approximate surface area is 157 Å². The minimum Gasteiger partial charge on any atom is -0.493 e. The Balaban J connectivity index is 1.99. The molecule has 0 atom stereocenters. The molecule has 0 unspecified atom stereocenters. The van der Waals surface area contributed by atoms with Gasteiger partial charge in [-0.15, -0.1) is 0 Å². The van der Waals surface area contributed by atoms with Crippen LogP contribution in [-0.2, 0) is 11.4 Å². The summed E-state index contributed by atoms with van der Waals surface area (Å²) < 4.78 is 11.1. The van der Waals surface area contributed by atoms with Gasteiger partial charge in [0.25, 0.3) is 5.91 Å². The lowest BCUT2D eigenvalue weighted by molar-refractivity contribution is -0.118. The zero-order valence-corrected chi connectivity index (χ0v) is 15.4. The normalized spacial score (nSPS) is 10.1. The highest BCUT2D eigenvalue weighted by Crippen LogP contribution is 2.29. The fraction of sp³-hybridized carbons (Fsp3) is 0.263. The molecule has 138 valence electrons. The van der Waals surface area contributed by atoms with E-state index in [-0.39, 0.29) is 18.4 Å². The van der Waals surface area contributed by atoms with E-state index in [9.17, 15) is 9.59 Å². The van der Waals surface area contributed by atoms with E-state index < -0.39 is 0 Å². The fourth-order valence-corrected chi connectivity index (χ4v) is 2.41. The number of hydrogen-bond donors (Lipinski definition) is 2. The summed E-state index contributed by atoms with van der Waals surface area (Å²) in [6, 6.07) is 12.4. The SMILES string of the molecule is COc1cc(C(=O)NCCNC(C)=O)ccc1OCc1ccccc1Cl. The van der Waals surface area contributed by atoms with Crippen LogP contribution in [0.4, 0.5) is 0 Å². The second kappa shape index (κ2) is 9.68. The molecule has 0 aromatic heterocycles. The molecule has 0 saturated heterocycles. The molecule has 0 fully saturated rings. The van der Waals surface area contributed by atoms with Crippen LogP contribution in [0, 0.1) is 0 Å². The maximum absolute atomic E-state index is 12.2. The molecule has 0 heterocycles. The van der Waals surface area contributed by atoms with Crippen molar-refractivity contribution in [3.05, 3.63) is 58.6 Å². The predicted molar refractivity (Wildman–Crippen MR) is 99.8 cm³/mol.